The van der Waals surface area contributed by atoms with Gasteiger partial charge in [0.25, 0.3) is 0 Å². The van der Waals surface area contributed by atoms with Crippen molar-refractivity contribution < 1.29 is 9.53 Å². The van der Waals surface area contributed by atoms with Gasteiger partial charge in [-0.15, -0.1) is 0 Å². The molecule has 0 aliphatic carbocycles. The molecule has 0 saturated carbocycles. The van der Waals surface area contributed by atoms with Crippen LogP contribution in [0.2, 0.25) is 0 Å². The van der Waals surface area contributed by atoms with Crippen molar-refractivity contribution in [3.63, 3.8) is 0 Å². The monoisotopic (exact) mass is 285 g/mol. The smallest absolute Gasteiger partial charge is 0.231 e. The van der Waals surface area contributed by atoms with E-state index >= 15 is 0 Å². The van der Waals surface area contributed by atoms with E-state index < -0.39 is 0 Å². The molecule has 2 heterocycles. The fourth-order valence-corrected chi connectivity index (χ4v) is 1.88. The maximum atomic E-state index is 11.8. The number of nitrogens with one attached hydrogen (secondary N) is 1. The van der Waals surface area contributed by atoms with Gasteiger partial charge in [0.15, 0.2) is 5.82 Å². The van der Waals surface area contributed by atoms with Crippen LogP contribution < -0.4 is 5.32 Å². The molecule has 1 amide bonds. The van der Waals surface area contributed by atoms with E-state index in [1.54, 1.807) is 6.20 Å². The van der Waals surface area contributed by atoms with Gasteiger partial charge in [-0.05, 0) is 29.3 Å². The Hall–Kier alpha value is -1.01. The molecule has 1 aliphatic rings. The average molecular weight is 286 g/mol. The molecule has 0 radical (unpaired) electrons. The molecule has 2 unspecified atom stereocenters. The van der Waals surface area contributed by atoms with E-state index in [9.17, 15) is 4.79 Å². The second kappa shape index (κ2) is 4.88. The van der Waals surface area contributed by atoms with Gasteiger partial charge in [-0.25, -0.2) is 9.97 Å². The highest BCUT2D eigenvalue weighted by molar-refractivity contribution is 9.10. The predicted molar refractivity (Wildman–Crippen MR) is 61.9 cm³/mol. The number of ether oxygens (including phenoxy) is 1. The first-order chi connectivity index (χ1) is 7.66. The fraction of sp³-hybridized carbons (Fsp3) is 0.500. The Kier molecular flexibility index (Phi) is 3.50. The van der Waals surface area contributed by atoms with Crippen LogP contribution in [0.25, 0.3) is 0 Å². The van der Waals surface area contributed by atoms with Crippen LogP contribution in [0.4, 0.5) is 5.82 Å². The highest BCUT2D eigenvalue weighted by Gasteiger charge is 2.30. The molecule has 0 aromatic carbocycles. The summed E-state index contributed by atoms with van der Waals surface area (Å²) < 4.78 is 5.98. The summed E-state index contributed by atoms with van der Waals surface area (Å²) in [5.41, 5.74) is 0. The summed E-state index contributed by atoms with van der Waals surface area (Å²) in [5, 5.41) is 2.73. The Labute approximate surface area is 102 Å². The highest BCUT2D eigenvalue weighted by atomic mass is 79.9. The first-order valence-corrected chi connectivity index (χ1v) is 5.86. The lowest BCUT2D eigenvalue weighted by molar-refractivity contribution is -0.121. The summed E-state index contributed by atoms with van der Waals surface area (Å²) in [7, 11) is 0. The Morgan fingerprint density at radius 3 is 2.94 bits per heavy atom. The molecule has 1 aromatic rings. The van der Waals surface area contributed by atoms with Gasteiger partial charge in [-0.1, -0.05) is 0 Å². The molecule has 16 heavy (non-hydrogen) atoms. The third kappa shape index (κ3) is 2.56. The number of carbonyl (C=O) groups is 1. The third-order valence-corrected chi connectivity index (χ3v) is 2.99. The second-order valence-electron chi connectivity index (χ2n) is 3.68. The minimum Gasteiger partial charge on any atom is -0.378 e. The normalized spacial score (nSPS) is 24.4. The van der Waals surface area contributed by atoms with Crippen molar-refractivity contribution in [3.05, 3.63) is 17.0 Å². The van der Waals surface area contributed by atoms with Crippen molar-refractivity contribution in [1.82, 2.24) is 9.97 Å². The zero-order valence-corrected chi connectivity index (χ0v) is 10.4. The number of anilines is 1. The molecule has 1 aromatic heterocycles. The lowest BCUT2D eigenvalue weighted by Crippen LogP contribution is -2.28. The summed E-state index contributed by atoms with van der Waals surface area (Å²) in [6, 6.07) is 0. The summed E-state index contributed by atoms with van der Waals surface area (Å²) in [6.07, 6.45) is 3.80. The number of hydrogen-bond acceptors (Lipinski definition) is 4. The van der Waals surface area contributed by atoms with Gasteiger partial charge in [-0.3, -0.25) is 4.79 Å². The van der Waals surface area contributed by atoms with Crippen LogP contribution in [0.15, 0.2) is 17.0 Å². The van der Waals surface area contributed by atoms with Gasteiger partial charge in [-0.2, -0.15) is 0 Å². The van der Waals surface area contributed by atoms with E-state index in [1.165, 1.54) is 6.20 Å². The average Bonchev–Trinajstić information content (AvgIpc) is 2.68. The predicted octanol–water partition coefficient (Wildman–Crippen LogP) is 1.60. The summed E-state index contributed by atoms with van der Waals surface area (Å²) in [5.74, 6) is 0.319. The van der Waals surface area contributed by atoms with Crippen LogP contribution >= 0.6 is 15.9 Å². The molecule has 86 valence electrons. The van der Waals surface area contributed by atoms with E-state index in [1.807, 2.05) is 6.92 Å². The van der Waals surface area contributed by atoms with E-state index in [0.717, 1.165) is 6.42 Å². The standard InChI is InChI=1S/C10H12BrN3O2/c1-6-7(2-3-16-6)10(15)14-9-5-12-8(11)4-13-9/h4-7H,2-3H2,1H3,(H,13,14,15). The molecular formula is C10H12BrN3O2. The van der Waals surface area contributed by atoms with Crippen LogP contribution in [0.5, 0.6) is 0 Å². The topological polar surface area (TPSA) is 64.1 Å². The number of aromatic nitrogens is 2. The number of carbonyl (C=O) groups excluding carboxylic acids is 1. The van der Waals surface area contributed by atoms with Gasteiger partial charge >= 0.3 is 0 Å². The molecule has 1 fully saturated rings. The van der Waals surface area contributed by atoms with Crippen molar-refractivity contribution in [2.24, 2.45) is 5.92 Å². The Morgan fingerprint density at radius 1 is 1.56 bits per heavy atom. The van der Waals surface area contributed by atoms with Crippen LogP contribution in [-0.2, 0) is 9.53 Å². The van der Waals surface area contributed by atoms with Crippen molar-refractivity contribution in [3.8, 4) is 0 Å². The maximum absolute atomic E-state index is 11.8. The number of halogens is 1. The number of amides is 1. The Morgan fingerprint density at radius 2 is 2.38 bits per heavy atom. The number of nitrogens with zero attached hydrogens (tertiary/aromatic N) is 2. The van der Waals surface area contributed by atoms with E-state index in [4.69, 9.17) is 4.74 Å². The summed E-state index contributed by atoms with van der Waals surface area (Å²) in [4.78, 5) is 19.9. The highest BCUT2D eigenvalue weighted by Crippen LogP contribution is 2.21. The van der Waals surface area contributed by atoms with Crippen molar-refractivity contribution in [2.45, 2.75) is 19.4 Å². The largest absolute Gasteiger partial charge is 0.378 e. The molecule has 1 saturated heterocycles. The zero-order valence-electron chi connectivity index (χ0n) is 8.81. The Bertz CT molecular complexity index is 382. The molecule has 0 spiro atoms. The lowest BCUT2D eigenvalue weighted by Gasteiger charge is -2.13. The Balaban J connectivity index is 1.99. The minimum atomic E-state index is -0.0922. The van der Waals surface area contributed by atoms with Gasteiger partial charge < -0.3 is 10.1 Å². The molecule has 1 N–H and O–H groups in total. The van der Waals surface area contributed by atoms with Crippen LogP contribution in [0.1, 0.15) is 13.3 Å². The molecule has 2 rings (SSSR count). The SMILES string of the molecule is CC1OCCC1C(=O)Nc1cnc(Br)cn1. The molecular weight excluding hydrogens is 274 g/mol. The maximum Gasteiger partial charge on any atom is 0.231 e. The van der Waals surface area contributed by atoms with Crippen molar-refractivity contribution in [1.29, 1.82) is 0 Å². The second-order valence-corrected chi connectivity index (χ2v) is 4.50. The molecule has 5 nitrogen and oxygen atoms in total. The molecule has 0 bridgehead atoms. The van der Waals surface area contributed by atoms with Crippen LogP contribution in [0, 0.1) is 5.92 Å². The minimum absolute atomic E-state index is 0.0246. The van der Waals surface area contributed by atoms with E-state index in [2.05, 4.69) is 31.2 Å². The van der Waals surface area contributed by atoms with E-state index in [-0.39, 0.29) is 17.9 Å². The number of rotatable bonds is 2. The zero-order chi connectivity index (χ0) is 11.5. The van der Waals surface area contributed by atoms with E-state index in [0.29, 0.717) is 17.0 Å². The van der Waals surface area contributed by atoms with Gasteiger partial charge in [0.2, 0.25) is 5.91 Å². The van der Waals surface area contributed by atoms with Gasteiger partial charge in [0.1, 0.15) is 4.60 Å². The molecule has 1 aliphatic heterocycles. The van der Waals surface area contributed by atoms with Crippen molar-refractivity contribution in [2.75, 3.05) is 11.9 Å². The molecule has 2 atom stereocenters. The van der Waals surface area contributed by atoms with Crippen LogP contribution in [-0.4, -0.2) is 28.6 Å². The molecule has 6 heteroatoms. The van der Waals surface area contributed by atoms with Gasteiger partial charge in [0, 0.05) is 6.61 Å². The summed E-state index contributed by atoms with van der Waals surface area (Å²) >= 11 is 3.18. The van der Waals surface area contributed by atoms with Crippen LogP contribution in [0.3, 0.4) is 0 Å². The lowest BCUT2D eigenvalue weighted by atomic mass is 10.0. The van der Waals surface area contributed by atoms with Crippen molar-refractivity contribution >= 4 is 27.7 Å². The summed E-state index contributed by atoms with van der Waals surface area (Å²) in [6.45, 7) is 2.55. The third-order valence-electron chi connectivity index (χ3n) is 2.58. The first kappa shape index (κ1) is 11.5. The number of hydrogen-bond donors (Lipinski definition) is 1. The quantitative estimate of drug-likeness (QED) is 0.897. The first-order valence-electron chi connectivity index (χ1n) is 5.07. The van der Waals surface area contributed by atoms with Gasteiger partial charge in [0.05, 0.1) is 24.4 Å². The fourth-order valence-electron chi connectivity index (χ4n) is 1.67.